The molecule has 1 aromatic carbocycles. The van der Waals surface area contributed by atoms with Crippen molar-refractivity contribution in [1.29, 1.82) is 0 Å². The van der Waals surface area contributed by atoms with E-state index in [9.17, 15) is 0 Å². The zero-order valence-electron chi connectivity index (χ0n) is 15.6. The SMILES string of the molecule is COCC1(c2nc(C3(c4ccc(C)cc4)CCOCC3)no2)CCNC1. The predicted molar refractivity (Wildman–Crippen MR) is 97.4 cm³/mol. The average Bonchev–Trinajstić information content (AvgIpc) is 3.34. The van der Waals surface area contributed by atoms with Gasteiger partial charge in [-0.15, -0.1) is 0 Å². The number of aromatic nitrogens is 2. The third kappa shape index (κ3) is 2.96. The number of methoxy groups -OCH3 is 1. The Balaban J connectivity index is 1.73. The van der Waals surface area contributed by atoms with Crippen LogP contribution in [0, 0.1) is 6.92 Å². The molecular weight excluding hydrogens is 330 g/mol. The molecule has 0 bridgehead atoms. The van der Waals surface area contributed by atoms with Gasteiger partial charge in [-0.1, -0.05) is 35.0 Å². The highest BCUT2D eigenvalue weighted by atomic mass is 16.5. The summed E-state index contributed by atoms with van der Waals surface area (Å²) in [6.45, 7) is 5.86. The Morgan fingerprint density at radius 1 is 1.15 bits per heavy atom. The van der Waals surface area contributed by atoms with E-state index in [1.807, 2.05) is 0 Å². The molecule has 0 radical (unpaired) electrons. The number of hydrogen-bond acceptors (Lipinski definition) is 6. The van der Waals surface area contributed by atoms with Crippen molar-refractivity contribution in [3.63, 3.8) is 0 Å². The van der Waals surface area contributed by atoms with E-state index in [1.165, 1.54) is 11.1 Å². The largest absolute Gasteiger partial charge is 0.384 e. The highest BCUT2D eigenvalue weighted by molar-refractivity contribution is 5.35. The van der Waals surface area contributed by atoms with Crippen LogP contribution in [0.4, 0.5) is 0 Å². The highest BCUT2D eigenvalue weighted by Gasteiger charge is 2.45. The molecule has 3 heterocycles. The Hall–Kier alpha value is -1.76. The second kappa shape index (κ2) is 7.10. The number of benzene rings is 1. The molecule has 2 aromatic rings. The highest BCUT2D eigenvalue weighted by Crippen LogP contribution is 2.41. The van der Waals surface area contributed by atoms with E-state index in [-0.39, 0.29) is 10.8 Å². The first-order valence-corrected chi connectivity index (χ1v) is 9.38. The van der Waals surface area contributed by atoms with Crippen LogP contribution < -0.4 is 5.32 Å². The molecule has 1 atom stereocenters. The summed E-state index contributed by atoms with van der Waals surface area (Å²) < 4.78 is 16.9. The third-order valence-electron chi connectivity index (χ3n) is 5.92. The van der Waals surface area contributed by atoms with Crippen LogP contribution in [0.15, 0.2) is 28.8 Å². The Morgan fingerprint density at radius 3 is 2.58 bits per heavy atom. The number of nitrogens with zero attached hydrogens (tertiary/aromatic N) is 2. The average molecular weight is 357 g/mol. The second-order valence-corrected chi connectivity index (χ2v) is 7.62. The van der Waals surface area contributed by atoms with Crippen molar-refractivity contribution >= 4 is 0 Å². The van der Waals surface area contributed by atoms with Crippen LogP contribution >= 0.6 is 0 Å². The van der Waals surface area contributed by atoms with Crippen LogP contribution in [-0.4, -0.2) is 50.2 Å². The topological polar surface area (TPSA) is 69.4 Å². The number of hydrogen-bond donors (Lipinski definition) is 1. The maximum atomic E-state index is 5.81. The number of rotatable bonds is 5. The van der Waals surface area contributed by atoms with Crippen molar-refractivity contribution in [2.75, 3.05) is 40.0 Å². The van der Waals surface area contributed by atoms with Gasteiger partial charge in [0, 0.05) is 26.9 Å². The van der Waals surface area contributed by atoms with Gasteiger partial charge in [0.05, 0.1) is 17.4 Å². The normalized spacial score (nSPS) is 25.5. The van der Waals surface area contributed by atoms with E-state index in [1.54, 1.807) is 7.11 Å². The van der Waals surface area contributed by atoms with Gasteiger partial charge in [-0.05, 0) is 38.3 Å². The maximum absolute atomic E-state index is 5.81. The Morgan fingerprint density at radius 2 is 1.92 bits per heavy atom. The number of nitrogens with one attached hydrogen (secondary N) is 1. The van der Waals surface area contributed by atoms with Gasteiger partial charge in [0.2, 0.25) is 5.89 Å². The molecule has 1 unspecified atom stereocenters. The molecule has 140 valence electrons. The van der Waals surface area contributed by atoms with Crippen LogP contribution in [0.25, 0.3) is 0 Å². The minimum absolute atomic E-state index is 0.223. The van der Waals surface area contributed by atoms with Gasteiger partial charge >= 0.3 is 0 Å². The molecule has 4 rings (SSSR count). The predicted octanol–water partition coefficient (Wildman–Crippen LogP) is 2.35. The minimum Gasteiger partial charge on any atom is -0.384 e. The van der Waals surface area contributed by atoms with Crippen LogP contribution in [-0.2, 0) is 20.3 Å². The first kappa shape index (κ1) is 17.6. The molecule has 2 aliphatic rings. The molecule has 1 N–H and O–H groups in total. The maximum Gasteiger partial charge on any atom is 0.236 e. The minimum atomic E-state index is -0.242. The van der Waals surface area contributed by atoms with E-state index in [4.69, 9.17) is 19.0 Å². The van der Waals surface area contributed by atoms with Crippen LogP contribution in [0.5, 0.6) is 0 Å². The van der Waals surface area contributed by atoms with Crippen molar-refractivity contribution < 1.29 is 14.0 Å². The number of ether oxygens (including phenoxy) is 2. The molecule has 26 heavy (non-hydrogen) atoms. The molecule has 1 aromatic heterocycles. The molecule has 6 heteroatoms. The first-order chi connectivity index (χ1) is 12.7. The van der Waals surface area contributed by atoms with Gasteiger partial charge in [-0.25, -0.2) is 0 Å². The van der Waals surface area contributed by atoms with Gasteiger partial charge in [0.25, 0.3) is 0 Å². The lowest BCUT2D eigenvalue weighted by Gasteiger charge is -2.35. The Bertz CT molecular complexity index is 729. The fraction of sp³-hybridized carbons (Fsp3) is 0.600. The van der Waals surface area contributed by atoms with Crippen molar-refractivity contribution in [1.82, 2.24) is 15.5 Å². The summed E-state index contributed by atoms with van der Waals surface area (Å²) in [5.74, 6) is 1.47. The van der Waals surface area contributed by atoms with Gasteiger partial charge in [0.1, 0.15) is 0 Å². The third-order valence-corrected chi connectivity index (χ3v) is 5.92. The van der Waals surface area contributed by atoms with Gasteiger partial charge in [0.15, 0.2) is 5.82 Å². The van der Waals surface area contributed by atoms with Gasteiger partial charge in [-0.3, -0.25) is 0 Å². The summed E-state index contributed by atoms with van der Waals surface area (Å²) in [5, 5.41) is 7.86. The lowest BCUT2D eigenvalue weighted by Crippen LogP contribution is -2.37. The molecule has 2 aliphatic heterocycles. The van der Waals surface area contributed by atoms with E-state index >= 15 is 0 Å². The summed E-state index contributed by atoms with van der Waals surface area (Å²) in [5.41, 5.74) is 2.03. The molecule has 0 saturated carbocycles. The van der Waals surface area contributed by atoms with E-state index in [0.29, 0.717) is 25.7 Å². The summed E-state index contributed by atoms with van der Waals surface area (Å²) in [4.78, 5) is 4.92. The summed E-state index contributed by atoms with van der Waals surface area (Å²) >= 11 is 0. The standard InChI is InChI=1S/C20H27N3O3/c1-15-3-5-16(6-4-15)20(8-11-25-12-9-20)17-22-18(26-23-17)19(14-24-2)7-10-21-13-19/h3-6,21H,7-14H2,1-2H3. The second-order valence-electron chi connectivity index (χ2n) is 7.62. The van der Waals surface area contributed by atoms with Gasteiger partial charge in [-0.2, -0.15) is 4.98 Å². The molecule has 2 fully saturated rings. The zero-order valence-corrected chi connectivity index (χ0v) is 15.6. The lowest BCUT2D eigenvalue weighted by atomic mass is 9.73. The van der Waals surface area contributed by atoms with E-state index in [0.717, 1.165) is 38.2 Å². The molecule has 0 aliphatic carbocycles. The van der Waals surface area contributed by atoms with Gasteiger partial charge < -0.3 is 19.3 Å². The fourth-order valence-electron chi connectivity index (χ4n) is 4.25. The molecule has 2 saturated heterocycles. The summed E-state index contributed by atoms with van der Waals surface area (Å²) in [6, 6.07) is 8.69. The van der Waals surface area contributed by atoms with Crippen molar-refractivity contribution in [2.24, 2.45) is 0 Å². The van der Waals surface area contributed by atoms with Crippen molar-refractivity contribution in [2.45, 2.75) is 37.0 Å². The Labute approximate surface area is 154 Å². The first-order valence-electron chi connectivity index (χ1n) is 9.38. The van der Waals surface area contributed by atoms with Crippen LogP contribution in [0.2, 0.25) is 0 Å². The van der Waals surface area contributed by atoms with Crippen molar-refractivity contribution in [3.8, 4) is 0 Å². The molecular formula is C20H27N3O3. The summed E-state index contributed by atoms with van der Waals surface area (Å²) in [7, 11) is 1.73. The van der Waals surface area contributed by atoms with Crippen LogP contribution in [0.3, 0.4) is 0 Å². The molecule has 0 spiro atoms. The van der Waals surface area contributed by atoms with Crippen LogP contribution in [0.1, 0.15) is 42.1 Å². The van der Waals surface area contributed by atoms with E-state index < -0.39 is 0 Å². The molecule has 6 nitrogen and oxygen atoms in total. The smallest absolute Gasteiger partial charge is 0.236 e. The Kier molecular flexibility index (Phi) is 4.82. The summed E-state index contributed by atoms with van der Waals surface area (Å²) in [6.07, 6.45) is 2.68. The zero-order chi connectivity index (χ0) is 18.0. The fourth-order valence-corrected chi connectivity index (χ4v) is 4.25. The molecule has 0 amide bonds. The monoisotopic (exact) mass is 357 g/mol. The van der Waals surface area contributed by atoms with E-state index in [2.05, 4.69) is 41.7 Å². The quantitative estimate of drug-likeness (QED) is 0.886. The van der Waals surface area contributed by atoms with Crippen molar-refractivity contribution in [3.05, 3.63) is 47.1 Å². The lowest BCUT2D eigenvalue weighted by molar-refractivity contribution is 0.0597. The number of aryl methyl sites for hydroxylation is 1.